The summed E-state index contributed by atoms with van der Waals surface area (Å²) in [7, 11) is 0. The number of ether oxygens (including phenoxy) is 2. The SMILES string of the molecule is CCCCCCCCC(Cc1ccc(C(F)(F)F)cc1)C(C)(OCC)OCC. The third-order valence-corrected chi connectivity index (χ3v) is 5.27. The first-order valence-corrected chi connectivity index (χ1v) is 10.7. The second kappa shape index (κ2) is 12.5. The van der Waals surface area contributed by atoms with Crippen LogP contribution in [0.1, 0.15) is 83.8 Å². The number of unbranched alkanes of at least 4 members (excludes halogenated alkanes) is 5. The summed E-state index contributed by atoms with van der Waals surface area (Å²) in [5.74, 6) is -0.634. The Morgan fingerprint density at radius 2 is 1.36 bits per heavy atom. The molecule has 0 aliphatic rings. The van der Waals surface area contributed by atoms with Crippen LogP contribution in [0.4, 0.5) is 13.2 Å². The van der Waals surface area contributed by atoms with Crippen LogP contribution in [0, 0.1) is 5.92 Å². The Morgan fingerprint density at radius 3 is 1.86 bits per heavy atom. The van der Waals surface area contributed by atoms with Crippen LogP contribution in [0.15, 0.2) is 24.3 Å². The Labute approximate surface area is 168 Å². The maximum atomic E-state index is 12.8. The average molecular weight is 403 g/mol. The van der Waals surface area contributed by atoms with Gasteiger partial charge in [-0.2, -0.15) is 13.2 Å². The van der Waals surface area contributed by atoms with Crippen LogP contribution in [0.3, 0.4) is 0 Å². The zero-order valence-electron chi connectivity index (χ0n) is 17.9. The molecule has 0 amide bonds. The molecule has 1 unspecified atom stereocenters. The minimum Gasteiger partial charge on any atom is -0.350 e. The number of benzene rings is 1. The Bertz CT molecular complexity index is 520. The lowest BCUT2D eigenvalue weighted by atomic mass is 9.86. The molecule has 28 heavy (non-hydrogen) atoms. The van der Waals surface area contributed by atoms with Crippen LogP contribution in [0.5, 0.6) is 0 Å². The highest BCUT2D eigenvalue weighted by Crippen LogP contribution is 2.33. The zero-order chi connectivity index (χ0) is 21.0. The van der Waals surface area contributed by atoms with Gasteiger partial charge in [0.05, 0.1) is 5.56 Å². The molecule has 2 nitrogen and oxygen atoms in total. The van der Waals surface area contributed by atoms with E-state index in [-0.39, 0.29) is 5.92 Å². The molecule has 0 aromatic heterocycles. The van der Waals surface area contributed by atoms with Gasteiger partial charge in [0.1, 0.15) is 0 Å². The van der Waals surface area contributed by atoms with Crippen molar-refractivity contribution in [2.24, 2.45) is 5.92 Å². The smallest absolute Gasteiger partial charge is 0.350 e. The third-order valence-electron chi connectivity index (χ3n) is 5.27. The molecule has 0 N–H and O–H groups in total. The predicted octanol–water partition coefficient (Wildman–Crippen LogP) is 7.40. The highest BCUT2D eigenvalue weighted by atomic mass is 19.4. The molecule has 0 aliphatic heterocycles. The average Bonchev–Trinajstić information content (AvgIpc) is 2.63. The number of halogens is 3. The highest BCUT2D eigenvalue weighted by molar-refractivity contribution is 5.25. The summed E-state index contributed by atoms with van der Waals surface area (Å²) in [6, 6.07) is 5.48. The second-order valence-electron chi connectivity index (χ2n) is 7.53. The van der Waals surface area contributed by atoms with Crippen molar-refractivity contribution in [1.29, 1.82) is 0 Å². The molecular weight excluding hydrogens is 365 g/mol. The minimum absolute atomic E-state index is 0.0929. The first kappa shape index (κ1) is 25.0. The Morgan fingerprint density at radius 1 is 0.821 bits per heavy atom. The molecule has 5 heteroatoms. The number of hydrogen-bond donors (Lipinski definition) is 0. The molecule has 0 spiro atoms. The molecule has 0 aliphatic carbocycles. The minimum atomic E-state index is -4.30. The molecule has 0 saturated carbocycles. The van der Waals surface area contributed by atoms with Gasteiger partial charge in [0.2, 0.25) is 0 Å². The van der Waals surface area contributed by atoms with Crippen LogP contribution in [0.25, 0.3) is 0 Å². The first-order valence-electron chi connectivity index (χ1n) is 10.7. The van der Waals surface area contributed by atoms with Gasteiger partial charge in [-0.05, 0) is 51.3 Å². The van der Waals surface area contributed by atoms with Gasteiger partial charge in [-0.25, -0.2) is 0 Å². The lowest BCUT2D eigenvalue weighted by molar-refractivity contribution is -0.253. The lowest BCUT2D eigenvalue weighted by Gasteiger charge is -2.37. The number of rotatable bonds is 14. The van der Waals surface area contributed by atoms with Crippen molar-refractivity contribution >= 4 is 0 Å². The number of alkyl halides is 3. The van der Waals surface area contributed by atoms with E-state index < -0.39 is 17.5 Å². The van der Waals surface area contributed by atoms with Crippen LogP contribution in [-0.4, -0.2) is 19.0 Å². The fourth-order valence-electron chi connectivity index (χ4n) is 3.69. The molecule has 1 atom stereocenters. The van der Waals surface area contributed by atoms with Gasteiger partial charge in [0.25, 0.3) is 0 Å². The van der Waals surface area contributed by atoms with Gasteiger partial charge in [-0.15, -0.1) is 0 Å². The highest BCUT2D eigenvalue weighted by Gasteiger charge is 2.36. The fourth-order valence-corrected chi connectivity index (χ4v) is 3.69. The molecule has 0 saturated heterocycles. The van der Waals surface area contributed by atoms with Crippen molar-refractivity contribution in [2.75, 3.05) is 13.2 Å². The summed E-state index contributed by atoms with van der Waals surface area (Å²) < 4.78 is 50.4. The van der Waals surface area contributed by atoms with E-state index in [2.05, 4.69) is 6.92 Å². The van der Waals surface area contributed by atoms with Crippen LogP contribution in [0.2, 0.25) is 0 Å². The molecule has 0 bridgehead atoms. The van der Waals surface area contributed by atoms with Crippen LogP contribution >= 0.6 is 0 Å². The largest absolute Gasteiger partial charge is 0.416 e. The van der Waals surface area contributed by atoms with E-state index in [1.165, 1.54) is 25.7 Å². The van der Waals surface area contributed by atoms with Crippen molar-refractivity contribution in [3.8, 4) is 0 Å². The third kappa shape index (κ3) is 8.52. The van der Waals surface area contributed by atoms with Crippen molar-refractivity contribution in [2.45, 2.75) is 91.0 Å². The van der Waals surface area contributed by atoms with E-state index in [1.54, 1.807) is 12.1 Å². The molecule has 1 aromatic carbocycles. The molecule has 0 heterocycles. The second-order valence-corrected chi connectivity index (χ2v) is 7.53. The summed E-state index contributed by atoms with van der Waals surface area (Å²) in [6.07, 6.45) is 4.49. The van der Waals surface area contributed by atoms with Gasteiger partial charge in [-0.1, -0.05) is 57.6 Å². The Balaban J connectivity index is 2.83. The quantitative estimate of drug-likeness (QED) is 0.238. The van der Waals surface area contributed by atoms with E-state index in [0.29, 0.717) is 19.6 Å². The van der Waals surface area contributed by atoms with Crippen LogP contribution in [-0.2, 0) is 22.1 Å². The van der Waals surface area contributed by atoms with E-state index >= 15 is 0 Å². The summed E-state index contributed by atoms with van der Waals surface area (Å²) in [5.41, 5.74) is 0.274. The van der Waals surface area contributed by atoms with E-state index in [1.807, 2.05) is 20.8 Å². The van der Waals surface area contributed by atoms with Gasteiger partial charge in [-0.3, -0.25) is 0 Å². The maximum absolute atomic E-state index is 12.8. The molecule has 1 aromatic rings. The topological polar surface area (TPSA) is 18.5 Å². The normalized spacial score (nSPS) is 13.7. The van der Waals surface area contributed by atoms with Crippen molar-refractivity contribution in [3.63, 3.8) is 0 Å². The fraction of sp³-hybridized carbons (Fsp3) is 0.739. The lowest BCUT2D eigenvalue weighted by Crippen LogP contribution is -2.42. The summed E-state index contributed by atoms with van der Waals surface area (Å²) >= 11 is 0. The van der Waals surface area contributed by atoms with Crippen LogP contribution < -0.4 is 0 Å². The van der Waals surface area contributed by atoms with Gasteiger partial charge < -0.3 is 9.47 Å². The monoisotopic (exact) mass is 402 g/mol. The predicted molar refractivity (Wildman–Crippen MR) is 108 cm³/mol. The Hall–Kier alpha value is -1.07. The molecule has 1 rings (SSSR count). The number of hydrogen-bond acceptors (Lipinski definition) is 2. The van der Waals surface area contributed by atoms with E-state index in [9.17, 15) is 13.2 Å². The van der Waals surface area contributed by atoms with Gasteiger partial charge in [0, 0.05) is 19.1 Å². The van der Waals surface area contributed by atoms with Crippen molar-refractivity contribution < 1.29 is 22.6 Å². The van der Waals surface area contributed by atoms with Crippen molar-refractivity contribution in [1.82, 2.24) is 0 Å². The van der Waals surface area contributed by atoms with Gasteiger partial charge in [0.15, 0.2) is 5.79 Å². The van der Waals surface area contributed by atoms with E-state index in [0.717, 1.165) is 37.0 Å². The maximum Gasteiger partial charge on any atom is 0.416 e. The van der Waals surface area contributed by atoms with Crippen molar-refractivity contribution in [3.05, 3.63) is 35.4 Å². The molecule has 0 fully saturated rings. The molecular formula is C23H37F3O2. The first-order chi connectivity index (χ1) is 13.3. The Kier molecular flexibility index (Phi) is 11.1. The van der Waals surface area contributed by atoms with Gasteiger partial charge >= 0.3 is 6.18 Å². The molecule has 0 radical (unpaired) electrons. The zero-order valence-corrected chi connectivity index (χ0v) is 17.9. The summed E-state index contributed by atoms with van der Waals surface area (Å²) in [5, 5.41) is 0. The summed E-state index contributed by atoms with van der Waals surface area (Å²) in [4.78, 5) is 0. The summed E-state index contributed by atoms with van der Waals surface area (Å²) in [6.45, 7) is 9.13. The molecule has 162 valence electrons. The standard InChI is InChI=1S/C23H37F3O2/c1-5-8-9-10-11-12-13-21(22(4,27-6-2)28-7-3)18-19-14-16-20(17-15-19)23(24,25)26/h14-17,21H,5-13,18H2,1-4H3. The van der Waals surface area contributed by atoms with E-state index in [4.69, 9.17) is 9.47 Å².